The molecule has 3 heteroatoms. The number of aromatic nitrogens is 2. The number of nitrogens with one attached hydrogen (secondary N) is 1. The van der Waals surface area contributed by atoms with Crippen molar-refractivity contribution in [3.05, 3.63) is 18.0 Å². The van der Waals surface area contributed by atoms with Crippen LogP contribution in [0.2, 0.25) is 0 Å². The monoisotopic (exact) mass is 191 g/mol. The number of rotatable bonds is 3. The molecule has 1 N–H and O–H groups in total. The summed E-state index contributed by atoms with van der Waals surface area (Å²) in [4.78, 5) is 0. The van der Waals surface area contributed by atoms with E-state index in [0.29, 0.717) is 0 Å². The van der Waals surface area contributed by atoms with Crippen LogP contribution in [0.3, 0.4) is 0 Å². The lowest BCUT2D eigenvalue weighted by atomic mass is 10.1. The van der Waals surface area contributed by atoms with Gasteiger partial charge in [-0.1, -0.05) is 0 Å². The lowest BCUT2D eigenvalue weighted by Crippen LogP contribution is -2.26. The number of fused-ring (bicyclic) bond motifs is 1. The lowest BCUT2D eigenvalue weighted by Gasteiger charge is -2.12. The van der Waals surface area contributed by atoms with Gasteiger partial charge in [-0.25, -0.2) is 0 Å². The van der Waals surface area contributed by atoms with Crippen molar-refractivity contribution in [3.8, 4) is 0 Å². The van der Waals surface area contributed by atoms with E-state index in [1.807, 2.05) is 17.9 Å². The summed E-state index contributed by atoms with van der Waals surface area (Å²) >= 11 is 0. The molecular weight excluding hydrogens is 174 g/mol. The number of hydrogen-bond acceptors (Lipinski definition) is 2. The quantitative estimate of drug-likeness (QED) is 0.780. The van der Waals surface area contributed by atoms with Gasteiger partial charge >= 0.3 is 0 Å². The maximum atomic E-state index is 4.16. The predicted molar refractivity (Wildman–Crippen MR) is 54.7 cm³/mol. The zero-order valence-corrected chi connectivity index (χ0v) is 8.61. The smallest absolute Gasteiger partial charge is 0.0534 e. The Morgan fingerprint density at radius 1 is 1.43 bits per heavy atom. The molecule has 76 valence electrons. The van der Waals surface area contributed by atoms with Gasteiger partial charge in [0, 0.05) is 31.4 Å². The van der Waals surface area contributed by atoms with Crippen molar-refractivity contribution in [2.45, 2.75) is 31.8 Å². The van der Waals surface area contributed by atoms with Crippen LogP contribution in [0.15, 0.2) is 12.4 Å². The van der Waals surface area contributed by atoms with Crippen molar-refractivity contribution in [2.24, 2.45) is 18.9 Å². The first-order chi connectivity index (χ1) is 6.81. The van der Waals surface area contributed by atoms with Gasteiger partial charge in [-0.3, -0.25) is 4.68 Å². The van der Waals surface area contributed by atoms with Crippen molar-refractivity contribution in [2.75, 3.05) is 0 Å². The molecule has 3 nitrogen and oxygen atoms in total. The van der Waals surface area contributed by atoms with E-state index in [-0.39, 0.29) is 0 Å². The summed E-state index contributed by atoms with van der Waals surface area (Å²) in [5.74, 6) is 2.14. The molecule has 1 aromatic rings. The third-order valence-electron chi connectivity index (χ3n) is 3.60. The molecule has 0 amide bonds. The summed E-state index contributed by atoms with van der Waals surface area (Å²) in [6.45, 7) is 0.984. The predicted octanol–water partition coefficient (Wildman–Crippen LogP) is 1.31. The average Bonchev–Trinajstić information content (AvgIpc) is 2.63. The molecule has 0 aromatic carbocycles. The highest BCUT2D eigenvalue weighted by Crippen LogP contribution is 2.51. The zero-order valence-electron chi connectivity index (χ0n) is 8.61. The molecule has 1 heterocycles. The molecule has 2 unspecified atom stereocenters. The third-order valence-corrected chi connectivity index (χ3v) is 3.60. The molecule has 3 rings (SSSR count). The first-order valence-electron chi connectivity index (χ1n) is 5.52. The molecule has 1 aromatic heterocycles. The largest absolute Gasteiger partial charge is 0.310 e. The van der Waals surface area contributed by atoms with Crippen LogP contribution in [0.1, 0.15) is 24.8 Å². The minimum atomic E-state index is 0.777. The molecular formula is C11H17N3. The number of nitrogens with zero attached hydrogens (tertiary/aromatic N) is 2. The number of aryl methyl sites for hydroxylation is 1. The minimum Gasteiger partial charge on any atom is -0.310 e. The Morgan fingerprint density at radius 2 is 2.21 bits per heavy atom. The molecule has 0 bridgehead atoms. The first kappa shape index (κ1) is 8.48. The molecule has 0 spiro atoms. The summed E-state index contributed by atoms with van der Waals surface area (Å²) in [5.41, 5.74) is 1.30. The Kier molecular flexibility index (Phi) is 1.87. The van der Waals surface area contributed by atoms with E-state index in [2.05, 4.69) is 16.6 Å². The van der Waals surface area contributed by atoms with E-state index in [1.165, 1.54) is 24.8 Å². The highest BCUT2D eigenvalue weighted by Gasteiger charge is 2.45. The Morgan fingerprint density at radius 3 is 2.86 bits per heavy atom. The van der Waals surface area contributed by atoms with Crippen LogP contribution >= 0.6 is 0 Å². The van der Waals surface area contributed by atoms with Gasteiger partial charge in [0.1, 0.15) is 0 Å². The zero-order chi connectivity index (χ0) is 9.54. The molecule has 2 atom stereocenters. The standard InChI is InChI=1S/C11H17N3/c1-14-7-8(6-13-14)5-12-11-3-9-2-10(9)4-11/h6-7,9-12H,2-5H2,1H3. The molecule has 0 radical (unpaired) electrons. The van der Waals surface area contributed by atoms with Crippen LogP contribution in [0, 0.1) is 11.8 Å². The van der Waals surface area contributed by atoms with Crippen LogP contribution in [0.4, 0.5) is 0 Å². The Bertz CT molecular complexity index is 321. The second-order valence-electron chi connectivity index (χ2n) is 4.83. The fourth-order valence-corrected chi connectivity index (χ4v) is 2.71. The van der Waals surface area contributed by atoms with Crippen molar-refractivity contribution >= 4 is 0 Å². The normalized spacial score (nSPS) is 34.5. The molecule has 2 saturated carbocycles. The van der Waals surface area contributed by atoms with Gasteiger partial charge in [0.25, 0.3) is 0 Å². The van der Waals surface area contributed by atoms with Crippen LogP contribution < -0.4 is 5.32 Å². The van der Waals surface area contributed by atoms with E-state index in [1.54, 1.807) is 0 Å². The molecule has 14 heavy (non-hydrogen) atoms. The van der Waals surface area contributed by atoms with E-state index in [0.717, 1.165) is 24.4 Å². The van der Waals surface area contributed by atoms with Crippen molar-refractivity contribution < 1.29 is 0 Å². The highest BCUT2D eigenvalue weighted by atomic mass is 15.2. The summed E-state index contributed by atoms with van der Waals surface area (Å²) < 4.78 is 1.86. The first-order valence-corrected chi connectivity index (χ1v) is 5.52. The average molecular weight is 191 g/mol. The second-order valence-corrected chi connectivity index (χ2v) is 4.83. The van der Waals surface area contributed by atoms with Gasteiger partial charge in [-0.05, 0) is 31.1 Å². The summed E-state index contributed by atoms with van der Waals surface area (Å²) in [6, 6.07) is 0.777. The van der Waals surface area contributed by atoms with Gasteiger partial charge in [0.05, 0.1) is 6.20 Å². The molecule has 2 fully saturated rings. The molecule has 0 saturated heterocycles. The minimum absolute atomic E-state index is 0.777. The van der Waals surface area contributed by atoms with Crippen LogP contribution in [-0.2, 0) is 13.6 Å². The maximum Gasteiger partial charge on any atom is 0.0534 e. The third kappa shape index (κ3) is 1.57. The summed E-state index contributed by atoms with van der Waals surface area (Å²) in [5, 5.41) is 7.78. The summed E-state index contributed by atoms with van der Waals surface area (Å²) in [7, 11) is 1.97. The topological polar surface area (TPSA) is 29.9 Å². The highest BCUT2D eigenvalue weighted by molar-refractivity contribution is 5.05. The SMILES string of the molecule is Cn1cc(CNC2CC3CC3C2)cn1. The lowest BCUT2D eigenvalue weighted by molar-refractivity contribution is 0.480. The van der Waals surface area contributed by atoms with Gasteiger partial charge in [0.2, 0.25) is 0 Å². The Balaban J connectivity index is 1.50. The van der Waals surface area contributed by atoms with Crippen molar-refractivity contribution in [1.29, 1.82) is 0 Å². The van der Waals surface area contributed by atoms with Crippen LogP contribution in [0.25, 0.3) is 0 Å². The summed E-state index contributed by atoms with van der Waals surface area (Å²) in [6.07, 6.45) is 8.35. The van der Waals surface area contributed by atoms with Gasteiger partial charge < -0.3 is 5.32 Å². The number of hydrogen-bond donors (Lipinski definition) is 1. The molecule has 0 aliphatic heterocycles. The van der Waals surface area contributed by atoms with Crippen LogP contribution in [0.5, 0.6) is 0 Å². The fraction of sp³-hybridized carbons (Fsp3) is 0.727. The Hall–Kier alpha value is -0.830. The van der Waals surface area contributed by atoms with Gasteiger partial charge in [-0.2, -0.15) is 5.10 Å². The fourth-order valence-electron chi connectivity index (χ4n) is 2.71. The van der Waals surface area contributed by atoms with E-state index in [4.69, 9.17) is 0 Å². The van der Waals surface area contributed by atoms with Gasteiger partial charge in [-0.15, -0.1) is 0 Å². The van der Waals surface area contributed by atoms with E-state index < -0.39 is 0 Å². The maximum absolute atomic E-state index is 4.16. The van der Waals surface area contributed by atoms with Crippen molar-refractivity contribution in [3.63, 3.8) is 0 Å². The van der Waals surface area contributed by atoms with E-state index in [9.17, 15) is 0 Å². The van der Waals surface area contributed by atoms with E-state index >= 15 is 0 Å². The Labute approximate surface area is 84.5 Å². The molecule has 2 aliphatic carbocycles. The molecule has 2 aliphatic rings. The van der Waals surface area contributed by atoms with Crippen molar-refractivity contribution in [1.82, 2.24) is 15.1 Å². The second kappa shape index (κ2) is 3.09. The van der Waals surface area contributed by atoms with Crippen LogP contribution in [-0.4, -0.2) is 15.8 Å². The van der Waals surface area contributed by atoms with Gasteiger partial charge in [0.15, 0.2) is 0 Å².